The second-order valence-electron chi connectivity index (χ2n) is 2.38. The van der Waals surface area contributed by atoms with Gasteiger partial charge in [-0.2, -0.15) is 4.39 Å². The van der Waals surface area contributed by atoms with Gasteiger partial charge in [-0.1, -0.05) is 11.6 Å². The van der Waals surface area contributed by atoms with E-state index in [2.05, 4.69) is 4.98 Å². The Labute approximate surface area is 92.2 Å². The Morgan fingerprint density at radius 3 is 2.27 bits per heavy atom. The van der Waals surface area contributed by atoms with E-state index in [1.165, 1.54) is 0 Å². The highest BCUT2D eigenvalue weighted by atomic mass is 35.7. The SMILES string of the molecule is O=S(=O)(Cl)c1c(F)ncc(Cl)c1C(F)F. The molecule has 0 bridgehead atoms. The van der Waals surface area contributed by atoms with Gasteiger partial charge in [0.15, 0.2) is 0 Å². The zero-order chi connectivity index (χ0) is 11.8. The number of nitrogens with zero attached hydrogens (tertiary/aromatic N) is 1. The molecular formula is C6H2Cl2F3NO2S. The van der Waals surface area contributed by atoms with Gasteiger partial charge < -0.3 is 0 Å². The van der Waals surface area contributed by atoms with Crippen LogP contribution in [0.15, 0.2) is 11.1 Å². The minimum absolute atomic E-state index is 0.587. The summed E-state index contributed by atoms with van der Waals surface area (Å²) in [6.07, 6.45) is -2.68. The third kappa shape index (κ3) is 2.53. The van der Waals surface area contributed by atoms with Gasteiger partial charge >= 0.3 is 0 Å². The molecule has 1 rings (SSSR count). The van der Waals surface area contributed by atoms with E-state index in [0.29, 0.717) is 6.20 Å². The van der Waals surface area contributed by atoms with Crippen molar-refractivity contribution in [2.24, 2.45) is 0 Å². The lowest BCUT2D eigenvalue weighted by molar-refractivity contribution is 0.146. The first-order chi connectivity index (χ1) is 6.75. The zero-order valence-electron chi connectivity index (χ0n) is 6.72. The van der Waals surface area contributed by atoms with E-state index in [1.54, 1.807) is 0 Å². The van der Waals surface area contributed by atoms with Crippen molar-refractivity contribution in [1.82, 2.24) is 4.98 Å². The maximum absolute atomic E-state index is 12.9. The second-order valence-corrected chi connectivity index (χ2v) is 5.29. The summed E-state index contributed by atoms with van der Waals surface area (Å²) in [6.45, 7) is 0. The van der Waals surface area contributed by atoms with Crippen LogP contribution in [0, 0.1) is 5.95 Å². The molecule has 1 aromatic heterocycles. The zero-order valence-corrected chi connectivity index (χ0v) is 9.04. The van der Waals surface area contributed by atoms with Crippen LogP contribution in [0.5, 0.6) is 0 Å². The molecule has 0 unspecified atom stereocenters. The van der Waals surface area contributed by atoms with Gasteiger partial charge in [0.2, 0.25) is 5.95 Å². The molecule has 9 heteroatoms. The van der Waals surface area contributed by atoms with E-state index in [-0.39, 0.29) is 0 Å². The fraction of sp³-hybridized carbons (Fsp3) is 0.167. The third-order valence-electron chi connectivity index (χ3n) is 1.44. The minimum atomic E-state index is -4.66. The molecule has 0 aromatic carbocycles. The Bertz CT molecular complexity index is 491. The number of pyridine rings is 1. The first-order valence-electron chi connectivity index (χ1n) is 3.32. The van der Waals surface area contributed by atoms with Gasteiger partial charge in [-0.3, -0.25) is 0 Å². The Kier molecular flexibility index (Phi) is 3.47. The van der Waals surface area contributed by atoms with E-state index >= 15 is 0 Å². The molecule has 0 N–H and O–H groups in total. The predicted octanol–water partition coefficient (Wildman–Crippen LogP) is 2.74. The first-order valence-corrected chi connectivity index (χ1v) is 6.00. The lowest BCUT2D eigenvalue weighted by Crippen LogP contribution is -2.05. The van der Waals surface area contributed by atoms with Gasteiger partial charge in [0, 0.05) is 16.9 Å². The quantitative estimate of drug-likeness (QED) is 0.618. The largest absolute Gasteiger partial charge is 0.266 e. The van der Waals surface area contributed by atoms with Gasteiger partial charge in [0.1, 0.15) is 4.90 Å². The fourth-order valence-corrected chi connectivity index (χ4v) is 2.33. The van der Waals surface area contributed by atoms with Gasteiger partial charge in [-0.25, -0.2) is 22.2 Å². The number of alkyl halides is 2. The van der Waals surface area contributed by atoms with Crippen molar-refractivity contribution in [2.45, 2.75) is 11.3 Å². The van der Waals surface area contributed by atoms with Crippen LogP contribution in [-0.4, -0.2) is 13.4 Å². The second kappa shape index (κ2) is 4.15. The molecule has 3 nitrogen and oxygen atoms in total. The minimum Gasteiger partial charge on any atom is -0.226 e. The van der Waals surface area contributed by atoms with E-state index in [4.69, 9.17) is 22.3 Å². The molecule has 0 aliphatic carbocycles. The topological polar surface area (TPSA) is 47.0 Å². The number of halogens is 5. The highest BCUT2D eigenvalue weighted by molar-refractivity contribution is 8.13. The summed E-state index contributed by atoms with van der Waals surface area (Å²) < 4.78 is 59.4. The van der Waals surface area contributed by atoms with Crippen molar-refractivity contribution in [3.8, 4) is 0 Å². The summed E-state index contributed by atoms with van der Waals surface area (Å²) in [6, 6.07) is 0. The summed E-state index contributed by atoms with van der Waals surface area (Å²) in [5.41, 5.74) is -1.18. The van der Waals surface area contributed by atoms with Crippen LogP contribution in [0.25, 0.3) is 0 Å². The van der Waals surface area contributed by atoms with Crippen molar-refractivity contribution < 1.29 is 21.6 Å². The average molecular weight is 280 g/mol. The van der Waals surface area contributed by atoms with Crippen LogP contribution in [0.4, 0.5) is 13.2 Å². The van der Waals surface area contributed by atoms with Crippen molar-refractivity contribution in [2.75, 3.05) is 0 Å². The molecule has 0 saturated carbocycles. The molecule has 0 atom stereocenters. The van der Waals surface area contributed by atoms with E-state index in [0.717, 1.165) is 0 Å². The maximum Gasteiger partial charge on any atom is 0.266 e. The molecule has 0 radical (unpaired) electrons. The summed E-state index contributed by atoms with van der Waals surface area (Å²) in [5, 5.41) is -0.661. The van der Waals surface area contributed by atoms with Crippen LogP contribution in [0.1, 0.15) is 12.0 Å². The molecule has 1 aromatic rings. The van der Waals surface area contributed by atoms with E-state index < -0.39 is 36.9 Å². The highest BCUT2D eigenvalue weighted by Crippen LogP contribution is 2.34. The fourth-order valence-electron chi connectivity index (χ4n) is 0.896. The van der Waals surface area contributed by atoms with Crippen LogP contribution < -0.4 is 0 Å². The lowest BCUT2D eigenvalue weighted by atomic mass is 10.3. The van der Waals surface area contributed by atoms with Crippen molar-refractivity contribution in [3.63, 3.8) is 0 Å². The van der Waals surface area contributed by atoms with Crippen LogP contribution in [0.2, 0.25) is 5.02 Å². The van der Waals surface area contributed by atoms with E-state index in [1.807, 2.05) is 0 Å². The molecule has 0 spiro atoms. The van der Waals surface area contributed by atoms with Gasteiger partial charge in [0.25, 0.3) is 15.5 Å². The monoisotopic (exact) mass is 279 g/mol. The van der Waals surface area contributed by atoms with Crippen LogP contribution >= 0.6 is 22.3 Å². The van der Waals surface area contributed by atoms with Crippen LogP contribution in [0.3, 0.4) is 0 Å². The molecular weight excluding hydrogens is 278 g/mol. The smallest absolute Gasteiger partial charge is 0.226 e. The lowest BCUT2D eigenvalue weighted by Gasteiger charge is -2.07. The molecule has 0 amide bonds. The number of hydrogen-bond acceptors (Lipinski definition) is 3. The van der Waals surface area contributed by atoms with Crippen LogP contribution in [-0.2, 0) is 9.05 Å². The molecule has 0 saturated heterocycles. The van der Waals surface area contributed by atoms with Crippen molar-refractivity contribution >= 4 is 31.3 Å². The Morgan fingerprint density at radius 1 is 1.40 bits per heavy atom. The van der Waals surface area contributed by atoms with Crippen molar-refractivity contribution in [3.05, 3.63) is 22.7 Å². The predicted molar refractivity (Wildman–Crippen MR) is 47.2 cm³/mol. The molecule has 0 aliphatic heterocycles. The summed E-state index contributed by atoms with van der Waals surface area (Å²) in [5.74, 6) is -1.61. The molecule has 1 heterocycles. The normalized spacial score (nSPS) is 12.1. The Morgan fingerprint density at radius 2 is 1.93 bits per heavy atom. The number of rotatable bonds is 2. The van der Waals surface area contributed by atoms with E-state index in [9.17, 15) is 21.6 Å². The number of aromatic nitrogens is 1. The van der Waals surface area contributed by atoms with Gasteiger partial charge in [0.05, 0.1) is 10.6 Å². The van der Waals surface area contributed by atoms with Gasteiger partial charge in [-0.05, 0) is 0 Å². The maximum atomic E-state index is 12.9. The third-order valence-corrected chi connectivity index (χ3v) is 3.08. The first kappa shape index (κ1) is 12.5. The Balaban J connectivity index is 3.68. The number of hydrogen-bond donors (Lipinski definition) is 0. The molecule has 84 valence electrons. The molecule has 0 fully saturated rings. The Hall–Kier alpha value is -0.530. The summed E-state index contributed by atoms with van der Waals surface area (Å²) in [4.78, 5) is 1.51. The van der Waals surface area contributed by atoms with Crippen molar-refractivity contribution in [1.29, 1.82) is 0 Å². The standard InChI is InChI=1S/C6H2Cl2F3NO2S/c7-2-1-12-6(11)4(15(8,13)14)3(2)5(9)10/h1,5H. The summed E-state index contributed by atoms with van der Waals surface area (Å²) >= 11 is 5.27. The van der Waals surface area contributed by atoms with Gasteiger partial charge in [-0.15, -0.1) is 0 Å². The average Bonchev–Trinajstić information content (AvgIpc) is 2.05. The molecule has 0 aliphatic rings. The highest BCUT2D eigenvalue weighted by Gasteiger charge is 2.29. The molecule has 15 heavy (non-hydrogen) atoms. The summed E-state index contributed by atoms with van der Waals surface area (Å²) in [7, 11) is 0.124.